The maximum Gasteiger partial charge on any atom is 0.344 e. The first kappa shape index (κ1) is 21.2. The van der Waals surface area contributed by atoms with E-state index in [1.165, 1.54) is 19.1 Å². The normalized spacial score (nSPS) is 10.7. The van der Waals surface area contributed by atoms with Gasteiger partial charge >= 0.3 is 11.9 Å². The lowest BCUT2D eigenvalue weighted by atomic mass is 10.1. The van der Waals surface area contributed by atoms with Crippen molar-refractivity contribution in [1.82, 2.24) is 0 Å². The quantitative estimate of drug-likeness (QED) is 0.546. The Bertz CT molecular complexity index is 915. The van der Waals surface area contributed by atoms with Gasteiger partial charge in [-0.3, -0.25) is 10.1 Å². The molecule has 0 fully saturated rings. The smallest absolute Gasteiger partial charge is 0.344 e. The number of hydrogen-bond acceptors (Lipinski definition) is 6. The zero-order chi connectivity index (χ0) is 20.7. The molecule has 1 N–H and O–H groups in total. The number of ether oxygens (including phenoxy) is 2. The summed E-state index contributed by atoms with van der Waals surface area (Å²) >= 11 is 6.04. The summed E-state index contributed by atoms with van der Waals surface area (Å²) in [6, 6.07) is 6.99. The first-order chi connectivity index (χ1) is 13.4. The minimum atomic E-state index is -0.798. The van der Waals surface area contributed by atoms with Crippen molar-refractivity contribution in [2.24, 2.45) is 0 Å². The van der Waals surface area contributed by atoms with Crippen LogP contribution in [0.1, 0.15) is 45.9 Å². The molecule has 28 heavy (non-hydrogen) atoms. The van der Waals surface area contributed by atoms with Gasteiger partial charge in [0.2, 0.25) is 5.88 Å². The van der Waals surface area contributed by atoms with Crippen LogP contribution in [0.15, 0.2) is 34.8 Å². The second-order valence-corrected chi connectivity index (χ2v) is 5.93. The molecule has 0 unspecified atom stereocenters. The van der Waals surface area contributed by atoms with Gasteiger partial charge in [0.25, 0.3) is 5.91 Å². The fourth-order valence-electron chi connectivity index (χ4n) is 2.41. The number of amides is 1. The number of esters is 2. The van der Waals surface area contributed by atoms with Crippen molar-refractivity contribution in [1.29, 1.82) is 0 Å². The molecule has 148 valence electrons. The fourth-order valence-corrected chi connectivity index (χ4v) is 2.61. The molecule has 0 atom stereocenters. The third-order valence-electron chi connectivity index (χ3n) is 3.60. The molecule has 2 rings (SSSR count). The summed E-state index contributed by atoms with van der Waals surface area (Å²) in [5, 5.41) is 2.94. The van der Waals surface area contributed by atoms with Crippen LogP contribution in [0, 0.1) is 6.92 Å². The molecule has 1 aromatic heterocycles. The predicted molar refractivity (Wildman–Crippen MR) is 104 cm³/mol. The van der Waals surface area contributed by atoms with Crippen LogP contribution >= 0.6 is 11.6 Å². The molecule has 0 aliphatic carbocycles. The van der Waals surface area contributed by atoms with E-state index in [-0.39, 0.29) is 36.0 Å². The SMILES string of the molecule is CCOC(=O)c1c(C)oc(NC(=O)/C=C/c2ccccc2Cl)c1C(=O)OCC. The highest BCUT2D eigenvalue weighted by molar-refractivity contribution is 6.32. The molecule has 0 bridgehead atoms. The molecule has 0 radical (unpaired) electrons. The van der Waals surface area contributed by atoms with Crippen molar-refractivity contribution in [2.45, 2.75) is 20.8 Å². The van der Waals surface area contributed by atoms with E-state index in [9.17, 15) is 14.4 Å². The van der Waals surface area contributed by atoms with E-state index in [0.717, 1.165) is 0 Å². The molecule has 1 heterocycles. The minimum Gasteiger partial charge on any atom is -0.462 e. The lowest BCUT2D eigenvalue weighted by Gasteiger charge is -2.06. The summed E-state index contributed by atoms with van der Waals surface area (Å²) in [7, 11) is 0. The van der Waals surface area contributed by atoms with Gasteiger partial charge in [-0.25, -0.2) is 9.59 Å². The number of carbonyl (C=O) groups excluding carboxylic acids is 3. The highest BCUT2D eigenvalue weighted by Gasteiger charge is 2.31. The van der Waals surface area contributed by atoms with Crippen molar-refractivity contribution in [2.75, 3.05) is 18.5 Å². The molecule has 0 saturated carbocycles. The second kappa shape index (κ2) is 9.75. The fraction of sp³-hybridized carbons (Fsp3) is 0.250. The maximum absolute atomic E-state index is 12.3. The van der Waals surface area contributed by atoms with Crippen LogP contribution in [-0.4, -0.2) is 31.1 Å². The second-order valence-electron chi connectivity index (χ2n) is 5.52. The van der Waals surface area contributed by atoms with Gasteiger partial charge in [0.15, 0.2) is 0 Å². The molecular weight excluding hydrogens is 386 g/mol. The number of rotatable bonds is 7. The van der Waals surface area contributed by atoms with Gasteiger partial charge in [-0.1, -0.05) is 29.8 Å². The molecule has 1 amide bonds. The number of halogens is 1. The molecule has 8 heteroatoms. The van der Waals surface area contributed by atoms with E-state index in [1.807, 2.05) is 0 Å². The molecular formula is C20H20ClNO6. The monoisotopic (exact) mass is 405 g/mol. The van der Waals surface area contributed by atoms with Gasteiger partial charge in [0, 0.05) is 11.1 Å². The number of benzene rings is 1. The molecule has 2 aromatic rings. The van der Waals surface area contributed by atoms with Crippen LogP contribution in [0.4, 0.5) is 5.88 Å². The van der Waals surface area contributed by atoms with Crippen molar-refractivity contribution in [3.8, 4) is 0 Å². The molecule has 0 saturated heterocycles. The summed E-state index contributed by atoms with van der Waals surface area (Å²) < 4.78 is 15.4. The Morgan fingerprint density at radius 1 is 1.07 bits per heavy atom. The number of furan rings is 1. The number of hydrogen-bond donors (Lipinski definition) is 1. The highest BCUT2D eigenvalue weighted by Crippen LogP contribution is 2.29. The zero-order valence-electron chi connectivity index (χ0n) is 15.7. The average molecular weight is 406 g/mol. The Labute approximate surface area is 167 Å². The van der Waals surface area contributed by atoms with Crippen LogP contribution in [0.2, 0.25) is 5.02 Å². The Morgan fingerprint density at radius 2 is 1.68 bits per heavy atom. The van der Waals surface area contributed by atoms with Gasteiger partial charge in [0.05, 0.1) is 13.2 Å². The Balaban J connectivity index is 2.32. The lowest BCUT2D eigenvalue weighted by molar-refractivity contribution is -0.111. The van der Waals surface area contributed by atoms with Gasteiger partial charge in [-0.05, 0) is 38.5 Å². The minimum absolute atomic E-state index is 0.0781. The highest BCUT2D eigenvalue weighted by atomic mass is 35.5. The summed E-state index contributed by atoms with van der Waals surface area (Å²) in [6.45, 7) is 4.96. The summed E-state index contributed by atoms with van der Waals surface area (Å²) in [5.41, 5.74) is 0.385. The average Bonchev–Trinajstić information content (AvgIpc) is 2.97. The third-order valence-corrected chi connectivity index (χ3v) is 3.94. The number of carbonyl (C=O) groups is 3. The molecule has 1 aromatic carbocycles. The zero-order valence-corrected chi connectivity index (χ0v) is 16.5. The topological polar surface area (TPSA) is 94.8 Å². The van der Waals surface area contributed by atoms with Gasteiger partial charge in [-0.15, -0.1) is 0 Å². The van der Waals surface area contributed by atoms with E-state index in [2.05, 4.69) is 5.32 Å². The Kier molecular flexibility index (Phi) is 7.40. The number of aryl methyl sites for hydroxylation is 1. The van der Waals surface area contributed by atoms with Crippen LogP contribution < -0.4 is 5.32 Å². The van der Waals surface area contributed by atoms with E-state index in [0.29, 0.717) is 10.6 Å². The largest absolute Gasteiger partial charge is 0.462 e. The van der Waals surface area contributed by atoms with Crippen LogP contribution in [0.3, 0.4) is 0 Å². The third kappa shape index (κ3) is 5.01. The van der Waals surface area contributed by atoms with Gasteiger partial charge in [-0.2, -0.15) is 0 Å². The first-order valence-corrected chi connectivity index (χ1v) is 8.98. The maximum atomic E-state index is 12.3. The van der Waals surface area contributed by atoms with Crippen molar-refractivity contribution in [3.05, 3.63) is 57.8 Å². The number of nitrogens with one attached hydrogen (secondary N) is 1. The molecule has 0 spiro atoms. The standard InChI is InChI=1S/C20H20ClNO6/c1-4-26-19(24)16-12(3)28-18(17(16)20(25)27-5-2)22-15(23)11-10-13-8-6-7-9-14(13)21/h6-11H,4-5H2,1-3H3,(H,22,23)/b11-10+. The van der Waals surface area contributed by atoms with Crippen LogP contribution in [0.25, 0.3) is 6.08 Å². The van der Waals surface area contributed by atoms with Crippen LogP contribution in [-0.2, 0) is 14.3 Å². The lowest BCUT2D eigenvalue weighted by Crippen LogP contribution is -2.16. The van der Waals surface area contributed by atoms with Gasteiger partial charge < -0.3 is 13.9 Å². The number of anilines is 1. The van der Waals surface area contributed by atoms with Crippen molar-refractivity contribution >= 4 is 41.4 Å². The first-order valence-electron chi connectivity index (χ1n) is 8.60. The molecule has 0 aliphatic rings. The summed E-state index contributed by atoms with van der Waals surface area (Å²) in [5.74, 6) is -2.17. The van der Waals surface area contributed by atoms with Gasteiger partial charge in [0.1, 0.15) is 16.9 Å². The molecule has 0 aliphatic heterocycles. The Morgan fingerprint density at radius 3 is 2.29 bits per heavy atom. The summed E-state index contributed by atoms with van der Waals surface area (Å²) in [4.78, 5) is 36.8. The van der Waals surface area contributed by atoms with E-state index >= 15 is 0 Å². The van der Waals surface area contributed by atoms with Crippen molar-refractivity contribution < 1.29 is 28.3 Å². The summed E-state index contributed by atoms with van der Waals surface area (Å²) in [6.07, 6.45) is 2.75. The van der Waals surface area contributed by atoms with E-state index in [4.69, 9.17) is 25.5 Å². The van der Waals surface area contributed by atoms with E-state index in [1.54, 1.807) is 38.1 Å². The van der Waals surface area contributed by atoms with E-state index < -0.39 is 17.8 Å². The molecule has 7 nitrogen and oxygen atoms in total. The Hall–Kier alpha value is -3.06. The predicted octanol–water partition coefficient (Wildman–Crippen LogP) is 4.25. The van der Waals surface area contributed by atoms with Crippen molar-refractivity contribution in [3.63, 3.8) is 0 Å². The van der Waals surface area contributed by atoms with Crippen LogP contribution in [0.5, 0.6) is 0 Å².